The minimum Gasteiger partial charge on any atom is -0.302 e. The van der Waals surface area contributed by atoms with Crippen LogP contribution in [0.4, 0.5) is 11.6 Å². The first kappa shape index (κ1) is 12.7. The molecule has 0 saturated carbocycles. The van der Waals surface area contributed by atoms with Crippen molar-refractivity contribution in [1.29, 1.82) is 0 Å². The van der Waals surface area contributed by atoms with E-state index < -0.39 is 11.8 Å². The van der Waals surface area contributed by atoms with E-state index in [2.05, 4.69) is 20.6 Å². The van der Waals surface area contributed by atoms with Gasteiger partial charge in [0.25, 0.3) is 0 Å². The number of carbonyl (C=O) groups excluding carboxylic acids is 2. The monoisotopic (exact) mass is 256 g/mol. The molecular formula is C13H12N4O2. The zero-order valence-corrected chi connectivity index (χ0v) is 10.3. The Bertz CT molecular complexity index is 599. The Morgan fingerprint density at radius 1 is 0.947 bits per heavy atom. The van der Waals surface area contributed by atoms with Crippen molar-refractivity contribution >= 4 is 23.5 Å². The summed E-state index contributed by atoms with van der Waals surface area (Å²) in [7, 11) is 0. The minimum absolute atomic E-state index is 0.319. The van der Waals surface area contributed by atoms with Crippen LogP contribution in [0.2, 0.25) is 0 Å². The Morgan fingerprint density at radius 2 is 1.63 bits per heavy atom. The number of carbonyl (C=O) groups is 2. The van der Waals surface area contributed by atoms with Gasteiger partial charge in [-0.3, -0.25) is 9.59 Å². The van der Waals surface area contributed by atoms with Gasteiger partial charge in [-0.05, 0) is 31.2 Å². The highest BCUT2D eigenvalue weighted by Crippen LogP contribution is 2.04. The molecule has 2 heterocycles. The van der Waals surface area contributed by atoms with E-state index in [0.29, 0.717) is 11.6 Å². The van der Waals surface area contributed by atoms with Gasteiger partial charge in [-0.1, -0.05) is 12.1 Å². The average Bonchev–Trinajstić information content (AvgIpc) is 2.40. The summed E-state index contributed by atoms with van der Waals surface area (Å²) < 4.78 is 0. The quantitative estimate of drug-likeness (QED) is 0.795. The second kappa shape index (κ2) is 5.72. The zero-order valence-electron chi connectivity index (χ0n) is 10.3. The van der Waals surface area contributed by atoms with Crippen molar-refractivity contribution in [1.82, 2.24) is 9.97 Å². The van der Waals surface area contributed by atoms with E-state index in [1.165, 1.54) is 6.20 Å². The average molecular weight is 256 g/mol. The van der Waals surface area contributed by atoms with Crippen LogP contribution in [0.5, 0.6) is 0 Å². The molecule has 0 aliphatic carbocycles. The van der Waals surface area contributed by atoms with E-state index in [9.17, 15) is 9.59 Å². The lowest BCUT2D eigenvalue weighted by Crippen LogP contribution is -2.29. The Kier molecular flexibility index (Phi) is 3.82. The maximum absolute atomic E-state index is 11.6. The lowest BCUT2D eigenvalue weighted by molar-refractivity contribution is -0.133. The van der Waals surface area contributed by atoms with Crippen LogP contribution < -0.4 is 10.6 Å². The second-order valence-electron chi connectivity index (χ2n) is 3.79. The van der Waals surface area contributed by atoms with Crippen LogP contribution in [-0.2, 0) is 9.59 Å². The van der Waals surface area contributed by atoms with Gasteiger partial charge in [0.05, 0.1) is 0 Å². The number of pyridine rings is 2. The van der Waals surface area contributed by atoms with Crippen LogP contribution in [0.3, 0.4) is 0 Å². The molecule has 19 heavy (non-hydrogen) atoms. The van der Waals surface area contributed by atoms with Crippen LogP contribution >= 0.6 is 0 Å². The normalized spacial score (nSPS) is 9.74. The molecule has 6 heteroatoms. The second-order valence-corrected chi connectivity index (χ2v) is 3.79. The van der Waals surface area contributed by atoms with Gasteiger partial charge in [0.15, 0.2) is 0 Å². The predicted molar refractivity (Wildman–Crippen MR) is 70.5 cm³/mol. The summed E-state index contributed by atoms with van der Waals surface area (Å²) in [6.07, 6.45) is 1.52. The van der Waals surface area contributed by atoms with Gasteiger partial charge in [-0.25, -0.2) is 9.97 Å². The van der Waals surface area contributed by atoms with E-state index in [-0.39, 0.29) is 0 Å². The van der Waals surface area contributed by atoms with Gasteiger partial charge in [0.2, 0.25) is 0 Å². The van der Waals surface area contributed by atoms with Gasteiger partial charge >= 0.3 is 11.8 Å². The molecule has 0 aromatic carbocycles. The van der Waals surface area contributed by atoms with Crippen molar-refractivity contribution in [2.45, 2.75) is 6.92 Å². The molecule has 0 bridgehead atoms. The fourth-order valence-corrected chi connectivity index (χ4v) is 1.40. The molecule has 6 nitrogen and oxygen atoms in total. The number of rotatable bonds is 2. The number of aromatic nitrogens is 2. The molecule has 2 N–H and O–H groups in total. The minimum atomic E-state index is -0.790. The molecule has 0 spiro atoms. The van der Waals surface area contributed by atoms with Gasteiger partial charge < -0.3 is 10.6 Å². The molecule has 0 aliphatic heterocycles. The summed E-state index contributed by atoms with van der Waals surface area (Å²) in [6, 6.07) is 10.2. The third-order valence-corrected chi connectivity index (χ3v) is 2.24. The first-order valence-corrected chi connectivity index (χ1v) is 5.62. The van der Waals surface area contributed by atoms with E-state index in [4.69, 9.17) is 0 Å². The number of aryl methyl sites for hydroxylation is 1. The summed E-state index contributed by atoms with van der Waals surface area (Å²) in [4.78, 5) is 31.2. The van der Waals surface area contributed by atoms with Crippen LogP contribution in [-0.4, -0.2) is 21.8 Å². The lowest BCUT2D eigenvalue weighted by atomic mass is 10.3. The van der Waals surface area contributed by atoms with Crippen molar-refractivity contribution in [2.24, 2.45) is 0 Å². The highest BCUT2D eigenvalue weighted by atomic mass is 16.2. The maximum atomic E-state index is 11.6. The van der Waals surface area contributed by atoms with Crippen LogP contribution in [0.15, 0.2) is 42.6 Å². The molecule has 2 aromatic rings. The number of nitrogens with one attached hydrogen (secondary N) is 2. The van der Waals surface area contributed by atoms with Crippen molar-refractivity contribution < 1.29 is 9.59 Å². The Hall–Kier alpha value is -2.76. The molecule has 0 fully saturated rings. The summed E-state index contributed by atoms with van der Waals surface area (Å²) in [6.45, 7) is 1.80. The van der Waals surface area contributed by atoms with Crippen LogP contribution in [0, 0.1) is 6.92 Å². The molecule has 2 amide bonds. The topological polar surface area (TPSA) is 84.0 Å². The summed E-state index contributed by atoms with van der Waals surface area (Å²) in [5.41, 5.74) is 0.753. The molecule has 0 radical (unpaired) electrons. The van der Waals surface area contributed by atoms with E-state index >= 15 is 0 Å². The van der Waals surface area contributed by atoms with Crippen molar-refractivity contribution in [2.75, 3.05) is 10.6 Å². The van der Waals surface area contributed by atoms with Gasteiger partial charge in [-0.15, -0.1) is 0 Å². The number of anilines is 2. The SMILES string of the molecule is Cc1cccc(NC(=O)C(=O)Nc2ccccn2)n1. The molecule has 2 rings (SSSR count). The highest BCUT2D eigenvalue weighted by Gasteiger charge is 2.14. The van der Waals surface area contributed by atoms with E-state index in [1.807, 2.05) is 0 Å². The molecular weight excluding hydrogens is 244 g/mol. The largest absolute Gasteiger partial charge is 0.315 e. The summed E-state index contributed by atoms with van der Waals surface area (Å²) in [5, 5.41) is 4.80. The van der Waals surface area contributed by atoms with Crippen LogP contribution in [0.25, 0.3) is 0 Å². The number of hydrogen-bond donors (Lipinski definition) is 2. The molecule has 96 valence electrons. The molecule has 0 aliphatic rings. The standard InChI is InChI=1S/C13H12N4O2/c1-9-5-4-7-11(15-9)17-13(19)12(18)16-10-6-2-3-8-14-10/h2-8H,1H3,(H,14,16,18)(H,15,17,19). The first-order valence-electron chi connectivity index (χ1n) is 5.62. The molecule has 0 saturated heterocycles. The molecule has 2 aromatic heterocycles. The number of nitrogens with zero attached hydrogens (tertiary/aromatic N) is 2. The van der Waals surface area contributed by atoms with Crippen molar-refractivity contribution in [3.05, 3.63) is 48.3 Å². The van der Waals surface area contributed by atoms with E-state index in [0.717, 1.165) is 5.69 Å². The van der Waals surface area contributed by atoms with Gasteiger partial charge in [0.1, 0.15) is 11.6 Å². The lowest BCUT2D eigenvalue weighted by Gasteiger charge is -2.05. The Balaban J connectivity index is 1.98. The smallest absolute Gasteiger partial charge is 0.302 e. The fraction of sp³-hybridized carbons (Fsp3) is 0.0769. The predicted octanol–water partition coefficient (Wildman–Crippen LogP) is 1.36. The number of hydrogen-bond acceptors (Lipinski definition) is 4. The zero-order chi connectivity index (χ0) is 13.7. The highest BCUT2D eigenvalue weighted by molar-refractivity contribution is 6.43. The first-order chi connectivity index (χ1) is 9.15. The molecule has 0 unspecified atom stereocenters. The van der Waals surface area contributed by atoms with E-state index in [1.54, 1.807) is 43.3 Å². The summed E-state index contributed by atoms with van der Waals surface area (Å²) in [5.74, 6) is -0.924. The van der Waals surface area contributed by atoms with Gasteiger partial charge in [-0.2, -0.15) is 0 Å². The van der Waals surface area contributed by atoms with Crippen LogP contribution in [0.1, 0.15) is 5.69 Å². The third-order valence-electron chi connectivity index (χ3n) is 2.24. The van der Waals surface area contributed by atoms with Crippen molar-refractivity contribution in [3.8, 4) is 0 Å². The maximum Gasteiger partial charge on any atom is 0.315 e. The Morgan fingerprint density at radius 3 is 2.26 bits per heavy atom. The Labute approximate surface area is 109 Å². The summed E-state index contributed by atoms with van der Waals surface area (Å²) >= 11 is 0. The van der Waals surface area contributed by atoms with Crippen molar-refractivity contribution in [3.63, 3.8) is 0 Å². The number of amides is 2. The molecule has 0 atom stereocenters. The van der Waals surface area contributed by atoms with Gasteiger partial charge in [0, 0.05) is 11.9 Å². The third kappa shape index (κ3) is 3.60. The fourth-order valence-electron chi connectivity index (χ4n) is 1.40.